The van der Waals surface area contributed by atoms with Gasteiger partial charge in [-0.25, -0.2) is 4.79 Å². The summed E-state index contributed by atoms with van der Waals surface area (Å²) >= 11 is 12.7. The van der Waals surface area contributed by atoms with Crippen LogP contribution in [0.4, 0.5) is 4.79 Å². The number of carbonyl (C=O) groups excluding carboxylic acids is 2. The van der Waals surface area contributed by atoms with Crippen molar-refractivity contribution in [2.75, 3.05) is 0 Å². The number of imide groups is 1. The fourth-order valence-electron chi connectivity index (χ4n) is 2.42. The number of hydrogen-bond donors (Lipinski definition) is 2. The van der Waals surface area contributed by atoms with E-state index in [0.717, 1.165) is 16.7 Å². The summed E-state index contributed by atoms with van der Waals surface area (Å²) in [7, 11) is 0. The van der Waals surface area contributed by atoms with Crippen LogP contribution in [0.5, 0.6) is 5.75 Å². The second-order valence-corrected chi connectivity index (χ2v) is 7.42. The number of nitrogens with zero attached hydrogens (tertiary/aromatic N) is 1. The van der Waals surface area contributed by atoms with Gasteiger partial charge in [0.05, 0.1) is 11.4 Å². The van der Waals surface area contributed by atoms with Gasteiger partial charge in [0.2, 0.25) is 0 Å². The van der Waals surface area contributed by atoms with E-state index in [1.807, 2.05) is 0 Å². The maximum atomic E-state index is 12.6. The zero-order chi connectivity index (χ0) is 19.7. The number of thioether (sulfide) groups is 1. The Hall–Kier alpha value is -2.48. The van der Waals surface area contributed by atoms with Crippen molar-refractivity contribution in [3.8, 4) is 5.75 Å². The summed E-state index contributed by atoms with van der Waals surface area (Å²) in [4.78, 5) is 37.1. The molecule has 0 unspecified atom stereocenters. The Kier molecular flexibility index (Phi) is 5.46. The first-order valence-electron chi connectivity index (χ1n) is 7.52. The van der Waals surface area contributed by atoms with Gasteiger partial charge in [-0.1, -0.05) is 35.3 Å². The quantitative estimate of drug-likeness (QED) is 0.695. The molecule has 1 saturated heterocycles. The van der Waals surface area contributed by atoms with Crippen LogP contribution in [-0.2, 0) is 11.3 Å². The first-order chi connectivity index (χ1) is 12.8. The number of hydrogen-bond acceptors (Lipinski definition) is 5. The van der Waals surface area contributed by atoms with E-state index in [-0.39, 0.29) is 22.8 Å². The first-order valence-corrected chi connectivity index (χ1v) is 9.09. The molecular weight excluding hydrogens is 413 g/mol. The number of carboxylic acid groups (broad SMARTS) is 1. The molecule has 0 aromatic heterocycles. The number of carbonyl (C=O) groups is 3. The van der Waals surface area contributed by atoms with Gasteiger partial charge in [-0.15, -0.1) is 0 Å². The highest BCUT2D eigenvalue weighted by molar-refractivity contribution is 8.18. The Balaban J connectivity index is 1.86. The van der Waals surface area contributed by atoms with Crippen LogP contribution in [-0.4, -0.2) is 32.2 Å². The van der Waals surface area contributed by atoms with Crippen molar-refractivity contribution in [3.05, 3.63) is 68.0 Å². The molecule has 2 N–H and O–H groups in total. The minimum absolute atomic E-state index is 0.00599. The van der Waals surface area contributed by atoms with Crippen molar-refractivity contribution in [1.82, 2.24) is 4.90 Å². The Morgan fingerprint density at radius 3 is 2.56 bits per heavy atom. The van der Waals surface area contributed by atoms with Crippen LogP contribution in [0.3, 0.4) is 0 Å². The van der Waals surface area contributed by atoms with Crippen LogP contribution in [0.2, 0.25) is 10.0 Å². The number of phenols is 1. The summed E-state index contributed by atoms with van der Waals surface area (Å²) in [6, 6.07) is 8.66. The van der Waals surface area contributed by atoms with E-state index in [1.54, 1.807) is 12.1 Å². The normalized spacial score (nSPS) is 15.6. The zero-order valence-electron chi connectivity index (χ0n) is 13.5. The van der Waals surface area contributed by atoms with Gasteiger partial charge in [-0.2, -0.15) is 0 Å². The number of rotatable bonds is 4. The lowest BCUT2D eigenvalue weighted by Crippen LogP contribution is -2.27. The van der Waals surface area contributed by atoms with Crippen molar-refractivity contribution in [2.45, 2.75) is 6.54 Å². The number of halogens is 2. The molecule has 0 radical (unpaired) electrons. The van der Waals surface area contributed by atoms with E-state index in [0.29, 0.717) is 21.2 Å². The number of benzene rings is 2. The maximum absolute atomic E-state index is 12.6. The molecule has 3 rings (SSSR count). The predicted molar refractivity (Wildman–Crippen MR) is 103 cm³/mol. The molecule has 9 heteroatoms. The molecule has 2 aromatic rings. The second-order valence-electron chi connectivity index (χ2n) is 5.59. The highest BCUT2D eigenvalue weighted by Gasteiger charge is 2.35. The summed E-state index contributed by atoms with van der Waals surface area (Å²) in [5.41, 5.74) is 0.651. The molecular formula is C18H11Cl2NO5S. The fourth-order valence-corrected chi connectivity index (χ4v) is 3.73. The lowest BCUT2D eigenvalue weighted by molar-refractivity contribution is -0.123. The molecule has 1 aliphatic heterocycles. The predicted octanol–water partition coefficient (Wildman–Crippen LogP) is 4.63. The summed E-state index contributed by atoms with van der Waals surface area (Å²) < 4.78 is 0. The number of carboxylic acids is 1. The third-order valence-electron chi connectivity index (χ3n) is 3.77. The van der Waals surface area contributed by atoms with Gasteiger partial charge in [-0.05, 0) is 53.2 Å². The monoisotopic (exact) mass is 423 g/mol. The molecule has 0 bridgehead atoms. The van der Waals surface area contributed by atoms with Crippen molar-refractivity contribution in [3.63, 3.8) is 0 Å². The number of aromatic carboxylic acids is 1. The molecule has 2 amide bonds. The van der Waals surface area contributed by atoms with Gasteiger partial charge >= 0.3 is 5.97 Å². The van der Waals surface area contributed by atoms with Gasteiger partial charge in [0, 0.05) is 10.0 Å². The Bertz CT molecular complexity index is 1010. The van der Waals surface area contributed by atoms with Crippen LogP contribution in [0, 0.1) is 0 Å². The number of aromatic hydroxyl groups is 1. The Morgan fingerprint density at radius 2 is 1.89 bits per heavy atom. The lowest BCUT2D eigenvalue weighted by Gasteiger charge is -2.13. The van der Waals surface area contributed by atoms with Crippen molar-refractivity contribution < 1.29 is 24.6 Å². The largest absolute Gasteiger partial charge is 0.507 e. The minimum Gasteiger partial charge on any atom is -0.507 e. The molecule has 6 nitrogen and oxygen atoms in total. The molecule has 0 saturated carbocycles. The van der Waals surface area contributed by atoms with Crippen LogP contribution < -0.4 is 0 Å². The average molecular weight is 424 g/mol. The summed E-state index contributed by atoms with van der Waals surface area (Å²) in [5.74, 6) is -2.20. The molecule has 1 fully saturated rings. The van der Waals surface area contributed by atoms with E-state index in [4.69, 9.17) is 28.3 Å². The number of amides is 2. The van der Waals surface area contributed by atoms with Crippen LogP contribution in [0.25, 0.3) is 6.08 Å². The van der Waals surface area contributed by atoms with E-state index in [2.05, 4.69) is 0 Å². The summed E-state index contributed by atoms with van der Waals surface area (Å²) in [6.45, 7) is -0.00599. The minimum atomic E-state index is -1.30. The maximum Gasteiger partial charge on any atom is 0.339 e. The molecule has 2 aromatic carbocycles. The molecule has 0 aliphatic carbocycles. The SMILES string of the molecule is O=C(O)c1cc(/C=C2\SC(=O)N(Cc3ccc(Cl)cc3Cl)C2=O)ccc1O. The Labute approximate surface area is 168 Å². The van der Waals surface area contributed by atoms with E-state index in [1.165, 1.54) is 30.3 Å². The topological polar surface area (TPSA) is 94.9 Å². The van der Waals surface area contributed by atoms with Crippen molar-refractivity contribution in [1.29, 1.82) is 0 Å². The summed E-state index contributed by atoms with van der Waals surface area (Å²) in [6.07, 6.45) is 1.40. The molecule has 0 spiro atoms. The first kappa shape index (κ1) is 19.3. The standard InChI is InChI=1S/C18H11Cl2NO5S/c19-11-3-2-10(13(20)7-11)8-21-16(23)15(27-18(21)26)6-9-1-4-14(22)12(5-9)17(24)25/h1-7,22H,8H2,(H,24,25)/b15-6-. The second kappa shape index (κ2) is 7.64. The Morgan fingerprint density at radius 1 is 1.15 bits per heavy atom. The highest BCUT2D eigenvalue weighted by atomic mass is 35.5. The van der Waals surface area contributed by atoms with Crippen LogP contribution in [0.1, 0.15) is 21.5 Å². The van der Waals surface area contributed by atoms with Crippen molar-refractivity contribution >= 4 is 58.2 Å². The van der Waals surface area contributed by atoms with Gasteiger partial charge < -0.3 is 10.2 Å². The molecule has 1 heterocycles. The van der Waals surface area contributed by atoms with Gasteiger partial charge in [0.15, 0.2) is 0 Å². The van der Waals surface area contributed by atoms with E-state index >= 15 is 0 Å². The van der Waals surface area contributed by atoms with Gasteiger partial charge in [0.25, 0.3) is 11.1 Å². The van der Waals surface area contributed by atoms with Crippen LogP contribution in [0.15, 0.2) is 41.3 Å². The zero-order valence-corrected chi connectivity index (χ0v) is 15.8. The fraction of sp³-hybridized carbons (Fsp3) is 0.0556. The molecule has 0 atom stereocenters. The lowest BCUT2D eigenvalue weighted by atomic mass is 10.1. The molecule has 1 aliphatic rings. The van der Waals surface area contributed by atoms with Gasteiger partial charge in [0.1, 0.15) is 11.3 Å². The van der Waals surface area contributed by atoms with Crippen molar-refractivity contribution in [2.24, 2.45) is 0 Å². The molecule has 138 valence electrons. The van der Waals surface area contributed by atoms with Gasteiger partial charge in [-0.3, -0.25) is 14.5 Å². The van der Waals surface area contributed by atoms with E-state index < -0.39 is 17.1 Å². The van der Waals surface area contributed by atoms with Crippen LogP contribution >= 0.6 is 35.0 Å². The van der Waals surface area contributed by atoms with E-state index in [9.17, 15) is 19.5 Å². The smallest absolute Gasteiger partial charge is 0.339 e. The average Bonchev–Trinajstić information content (AvgIpc) is 2.86. The third kappa shape index (κ3) is 4.10. The summed E-state index contributed by atoms with van der Waals surface area (Å²) in [5, 5.41) is 18.9. The highest BCUT2D eigenvalue weighted by Crippen LogP contribution is 2.35. The third-order valence-corrected chi connectivity index (χ3v) is 5.26. The molecule has 27 heavy (non-hydrogen) atoms.